The zero-order valence-electron chi connectivity index (χ0n) is 17.9. The fourth-order valence-corrected chi connectivity index (χ4v) is 2.27. The van der Waals surface area contributed by atoms with E-state index < -0.39 is 20.5 Å². The molecule has 13 heteroatoms. The normalized spacial score (nSPS) is 11.4. The van der Waals surface area contributed by atoms with Crippen LogP contribution in [0.25, 0.3) is 5.70 Å². The number of allylic oxidation sites excluding steroid dienone is 1. The number of aromatic nitrogens is 1. The summed E-state index contributed by atoms with van der Waals surface area (Å²) in [6.07, 6.45) is 9.42. The number of nitrogens with zero attached hydrogens (tertiary/aromatic N) is 3. The van der Waals surface area contributed by atoms with Crippen LogP contribution in [0.4, 0.5) is 0 Å². The first kappa shape index (κ1) is 29.8. The van der Waals surface area contributed by atoms with Gasteiger partial charge in [-0.15, -0.1) is 20.5 Å². The van der Waals surface area contributed by atoms with Crippen molar-refractivity contribution >= 4 is 11.9 Å². The monoisotopic (exact) mass is 493 g/mol. The largest absolute Gasteiger partial charge is 0.378 e. The average Bonchev–Trinajstić information content (AvgIpc) is 2.59. The van der Waals surface area contributed by atoms with Gasteiger partial charge in [0, 0.05) is 26.2 Å². The van der Waals surface area contributed by atoms with Gasteiger partial charge >= 0.3 is 0 Å². The van der Waals surface area contributed by atoms with E-state index in [2.05, 4.69) is 81.3 Å². The van der Waals surface area contributed by atoms with Crippen molar-refractivity contribution in [1.82, 2.24) is 4.90 Å². The van der Waals surface area contributed by atoms with Crippen molar-refractivity contribution in [3.8, 4) is 0 Å². The predicted octanol–water partition coefficient (Wildman–Crippen LogP) is -7.24. The third-order valence-electron chi connectivity index (χ3n) is 3.23. The Bertz CT molecular complexity index is 822. The van der Waals surface area contributed by atoms with Gasteiger partial charge in [-0.1, -0.05) is 30.3 Å². The molecule has 0 spiro atoms. The summed E-state index contributed by atoms with van der Waals surface area (Å²) in [6, 6.07) is 14.9. The predicted molar refractivity (Wildman–Crippen MR) is 92.0 cm³/mol. The lowest BCUT2D eigenvalue weighted by atomic mass is 10.1. The second kappa shape index (κ2) is 14.1. The molecule has 0 amide bonds. The molecule has 1 heterocycles. The molecular weight excluding hydrogens is 469 g/mol. The van der Waals surface area contributed by atoms with Gasteiger partial charge in [0.05, 0.1) is 6.20 Å². The maximum Gasteiger partial charge on any atom is 0.290 e. The topological polar surface area (TPSA) is 195 Å². The lowest BCUT2D eigenvalue weighted by molar-refractivity contribution is -2.00. The number of hydrogen-bond donors (Lipinski definition) is 0. The van der Waals surface area contributed by atoms with Crippen molar-refractivity contribution in [2.45, 2.75) is 6.42 Å². The van der Waals surface area contributed by atoms with Gasteiger partial charge in [0.25, 0.3) is 5.70 Å². The summed E-state index contributed by atoms with van der Waals surface area (Å²) < 4.78 is 72.1. The second-order valence-corrected chi connectivity index (χ2v) is 8.15. The summed E-state index contributed by atoms with van der Waals surface area (Å²) >= 11 is 0. The van der Waals surface area contributed by atoms with Gasteiger partial charge in [0.2, 0.25) is 6.21 Å². The highest BCUT2D eigenvalue weighted by Crippen LogP contribution is 2.07. The molecular formula is C19H25Cl2N3O8. The third-order valence-corrected chi connectivity index (χ3v) is 3.23. The van der Waals surface area contributed by atoms with E-state index in [1.54, 1.807) is 0 Å². The summed E-state index contributed by atoms with van der Waals surface area (Å²) in [5, 5.41) is 0. The molecule has 11 nitrogen and oxygen atoms in total. The smallest absolute Gasteiger partial charge is 0.290 e. The highest BCUT2D eigenvalue weighted by molar-refractivity contribution is 5.94. The van der Waals surface area contributed by atoms with Crippen LogP contribution in [-0.4, -0.2) is 43.9 Å². The summed E-state index contributed by atoms with van der Waals surface area (Å²) in [5.41, 5.74) is 3.78. The van der Waals surface area contributed by atoms with Crippen molar-refractivity contribution < 1.29 is 66.9 Å². The van der Waals surface area contributed by atoms with Crippen LogP contribution in [-0.2, 0) is 6.42 Å². The van der Waals surface area contributed by atoms with Crippen molar-refractivity contribution in [2.24, 2.45) is 0 Å². The first-order valence-electron chi connectivity index (χ1n) is 8.72. The van der Waals surface area contributed by atoms with Gasteiger partial charge in [0.15, 0.2) is 12.4 Å². The van der Waals surface area contributed by atoms with Crippen molar-refractivity contribution in [1.29, 1.82) is 0 Å². The molecule has 0 aliphatic carbocycles. The van der Waals surface area contributed by atoms with Gasteiger partial charge < -0.3 is 4.90 Å². The summed E-state index contributed by atoms with van der Waals surface area (Å²) in [7, 11) is -1.75. The summed E-state index contributed by atoms with van der Waals surface area (Å²) in [5.74, 6) is 0. The van der Waals surface area contributed by atoms with Gasteiger partial charge in [0.1, 0.15) is 14.1 Å². The van der Waals surface area contributed by atoms with Crippen LogP contribution in [0.1, 0.15) is 11.1 Å². The van der Waals surface area contributed by atoms with Crippen LogP contribution in [0.2, 0.25) is 0 Å². The van der Waals surface area contributed by atoms with Crippen LogP contribution < -0.4 is 41.8 Å². The van der Waals surface area contributed by atoms with Crippen molar-refractivity contribution in [2.75, 3.05) is 28.2 Å². The minimum Gasteiger partial charge on any atom is -0.378 e. The molecule has 2 aromatic rings. The molecule has 0 saturated carbocycles. The fourth-order valence-electron chi connectivity index (χ4n) is 2.27. The molecule has 0 bridgehead atoms. The van der Waals surface area contributed by atoms with Gasteiger partial charge in [-0.25, -0.2) is 41.8 Å². The van der Waals surface area contributed by atoms with E-state index in [-0.39, 0.29) is 0 Å². The first-order chi connectivity index (χ1) is 14.5. The lowest BCUT2D eigenvalue weighted by Crippen LogP contribution is -2.68. The maximum atomic E-state index is 8.49. The van der Waals surface area contributed by atoms with Crippen LogP contribution in [0.5, 0.6) is 0 Å². The van der Waals surface area contributed by atoms with E-state index in [4.69, 9.17) is 37.3 Å². The Morgan fingerprint density at radius 1 is 0.812 bits per heavy atom. The summed E-state index contributed by atoms with van der Waals surface area (Å²) in [4.78, 5) is 2.06. The second-order valence-electron chi connectivity index (χ2n) is 6.64. The van der Waals surface area contributed by atoms with Crippen LogP contribution >= 0.6 is 0 Å². The number of rotatable bonds is 5. The zero-order chi connectivity index (χ0) is 24.9. The quantitative estimate of drug-likeness (QED) is 0.287. The van der Waals surface area contributed by atoms with E-state index >= 15 is 0 Å². The molecule has 178 valence electrons. The Kier molecular flexibility index (Phi) is 13.1. The molecule has 0 fully saturated rings. The minimum atomic E-state index is -4.94. The molecule has 2 rings (SSSR count). The van der Waals surface area contributed by atoms with Crippen LogP contribution in [0.3, 0.4) is 0 Å². The average molecular weight is 494 g/mol. The first-order valence-corrected chi connectivity index (χ1v) is 11.2. The Morgan fingerprint density at radius 3 is 1.59 bits per heavy atom. The molecule has 1 aromatic carbocycles. The van der Waals surface area contributed by atoms with Crippen molar-refractivity contribution in [3.05, 3.63) is 72.2 Å². The molecule has 0 radical (unpaired) electrons. The Labute approximate surface area is 190 Å². The highest BCUT2D eigenvalue weighted by Gasteiger charge is 2.12. The zero-order valence-corrected chi connectivity index (χ0v) is 19.4. The Morgan fingerprint density at radius 2 is 1.22 bits per heavy atom. The molecule has 0 N–H and O–H groups in total. The SMILES string of the molecule is CN(C)/C=C(/C=[N+](C)C)[n+]1ccc(Cc2ccccc2)cc1.[O-][Cl+3]([O-])([O-])[O-].[O-][Cl+3]([O-])([O-])[O-]. The van der Waals surface area contributed by atoms with E-state index in [0.717, 1.165) is 12.1 Å². The lowest BCUT2D eigenvalue weighted by Gasteiger charge is -2.17. The number of benzene rings is 1. The standard InChI is InChI=1S/C19H25N3.2ClHO4/c1-20(2)15-19(16-21(3)4)22-12-10-18(11-13-22)14-17-8-6-5-7-9-17;2*2-1(3,4)5/h5-13,15-16H,14H2,1-4H3;2*(H,2,3,4,5)/q+2;;/p-2. The van der Waals surface area contributed by atoms with Gasteiger partial charge in [-0.05, 0) is 17.5 Å². The molecule has 0 saturated heterocycles. The van der Waals surface area contributed by atoms with E-state index in [1.807, 2.05) is 28.2 Å². The summed E-state index contributed by atoms with van der Waals surface area (Å²) in [6.45, 7) is 0. The molecule has 32 heavy (non-hydrogen) atoms. The third kappa shape index (κ3) is 19.8. The van der Waals surface area contributed by atoms with Crippen molar-refractivity contribution in [3.63, 3.8) is 0 Å². The molecule has 1 aromatic heterocycles. The number of halogens is 2. The van der Waals surface area contributed by atoms with E-state index in [0.29, 0.717) is 0 Å². The highest BCUT2D eigenvalue weighted by atomic mass is 35.7. The van der Waals surface area contributed by atoms with Gasteiger partial charge in [-0.2, -0.15) is 4.57 Å². The van der Waals surface area contributed by atoms with E-state index in [1.165, 1.54) is 11.1 Å². The van der Waals surface area contributed by atoms with Crippen LogP contribution in [0.15, 0.2) is 61.1 Å². The number of hydrogen-bond acceptors (Lipinski definition) is 9. The maximum absolute atomic E-state index is 8.49. The molecule has 0 aliphatic rings. The van der Waals surface area contributed by atoms with Gasteiger partial charge in [-0.3, -0.25) is 0 Å². The Hall–Kier alpha value is -2.16. The molecule has 0 atom stereocenters. The number of pyridine rings is 1. The van der Waals surface area contributed by atoms with E-state index in [9.17, 15) is 0 Å². The molecule has 0 aliphatic heterocycles. The minimum absolute atomic E-state index is 0.964. The fraction of sp³-hybridized carbons (Fsp3) is 0.263. The van der Waals surface area contributed by atoms with Crippen LogP contribution in [0, 0.1) is 20.5 Å². The Balaban J connectivity index is 0.000000805. The molecule has 0 unspecified atom stereocenters.